The highest BCUT2D eigenvalue weighted by Crippen LogP contribution is 2.49. The number of carbonyl (C=O) groups is 3. The number of amides is 2. The van der Waals surface area contributed by atoms with E-state index < -0.39 is 45.2 Å². The lowest BCUT2D eigenvalue weighted by molar-refractivity contribution is -0.145. The fraction of sp³-hybridized carbons (Fsp3) is 0.207. The molecule has 3 aromatic rings. The van der Waals surface area contributed by atoms with Gasteiger partial charge in [-0.25, -0.2) is 8.98 Å². The molecule has 1 saturated heterocycles. The third-order valence-corrected chi connectivity index (χ3v) is 9.41. The molecule has 2 atom stereocenters. The third kappa shape index (κ3) is 6.60. The molecule has 0 aromatic heterocycles. The van der Waals surface area contributed by atoms with Crippen LogP contribution in [0, 0.1) is 0 Å². The van der Waals surface area contributed by atoms with Crippen molar-refractivity contribution in [1.82, 2.24) is 10.2 Å². The molecular formula is C29H23F3N2O7S2. The predicted octanol–water partition coefficient (Wildman–Crippen LogP) is 4.42. The first-order valence-electron chi connectivity index (χ1n) is 12.8. The Morgan fingerprint density at radius 3 is 2.16 bits per heavy atom. The summed E-state index contributed by atoms with van der Waals surface area (Å²) in [6.45, 7) is -3.67. The molecule has 1 fully saturated rings. The van der Waals surface area contributed by atoms with Crippen molar-refractivity contribution in [3.05, 3.63) is 113 Å². The number of thioether (sulfide) groups is 1. The Balaban J connectivity index is 0.000000868. The van der Waals surface area contributed by atoms with Crippen molar-refractivity contribution >= 4 is 39.7 Å². The van der Waals surface area contributed by atoms with E-state index in [2.05, 4.69) is 5.32 Å². The molecule has 3 aliphatic heterocycles. The van der Waals surface area contributed by atoms with E-state index in [0.29, 0.717) is 16.7 Å². The second-order valence-electron chi connectivity index (χ2n) is 9.50. The Morgan fingerprint density at radius 1 is 0.977 bits per heavy atom. The lowest BCUT2D eigenvalue weighted by atomic mass is 10.0. The molecule has 6 rings (SSSR count). The van der Waals surface area contributed by atoms with Gasteiger partial charge < -0.3 is 15.0 Å². The molecule has 2 bridgehead atoms. The molecule has 43 heavy (non-hydrogen) atoms. The highest BCUT2D eigenvalue weighted by Gasteiger charge is 2.56. The van der Waals surface area contributed by atoms with Gasteiger partial charge in [0, 0.05) is 6.20 Å². The number of nitrogens with zero attached hydrogens (tertiary/aromatic N) is 1. The fourth-order valence-corrected chi connectivity index (χ4v) is 7.52. The zero-order chi connectivity index (χ0) is 30.8. The van der Waals surface area contributed by atoms with E-state index in [-0.39, 0.29) is 29.2 Å². The van der Waals surface area contributed by atoms with Gasteiger partial charge in [-0.2, -0.15) is 21.6 Å². The minimum Gasteiger partial charge on any atom is -0.449 e. The maximum Gasteiger partial charge on any atom is 0.379 e. The summed E-state index contributed by atoms with van der Waals surface area (Å²) in [5.41, 5.74) is 1.50. The Morgan fingerprint density at radius 2 is 1.58 bits per heavy atom. The van der Waals surface area contributed by atoms with Crippen molar-refractivity contribution in [2.75, 3.05) is 0 Å². The summed E-state index contributed by atoms with van der Waals surface area (Å²) in [4.78, 5) is 40.6. The van der Waals surface area contributed by atoms with Crippen molar-refractivity contribution in [2.45, 2.75) is 41.0 Å². The monoisotopic (exact) mass is 632 g/mol. The zero-order valence-corrected chi connectivity index (χ0v) is 23.7. The minimum atomic E-state index is -4.45. The molecule has 9 nitrogen and oxygen atoms in total. The smallest absolute Gasteiger partial charge is 0.379 e. The van der Waals surface area contributed by atoms with Gasteiger partial charge in [0.15, 0.2) is 6.10 Å². The number of β-lactam (4-membered cyclic amide) rings is 1. The lowest BCUT2D eigenvalue weighted by Gasteiger charge is -2.48. The largest absolute Gasteiger partial charge is 0.449 e. The summed E-state index contributed by atoms with van der Waals surface area (Å²) in [7, 11) is -4.45. The molecule has 3 aliphatic rings. The van der Waals surface area contributed by atoms with Crippen LogP contribution >= 0.6 is 11.8 Å². The van der Waals surface area contributed by atoms with Crippen LogP contribution in [-0.2, 0) is 39.8 Å². The van der Waals surface area contributed by atoms with Crippen LogP contribution in [0.5, 0.6) is 0 Å². The van der Waals surface area contributed by atoms with Gasteiger partial charge in [0.2, 0.25) is 16.9 Å². The normalized spacial score (nSPS) is 22.1. The number of benzene rings is 3. The van der Waals surface area contributed by atoms with Gasteiger partial charge in [0.05, 0.1) is 23.1 Å². The van der Waals surface area contributed by atoms with Crippen molar-refractivity contribution in [3.63, 3.8) is 0 Å². The summed E-state index contributed by atoms with van der Waals surface area (Å²) in [5, 5.41) is -0.0484. The number of rotatable bonds is 4. The second kappa shape index (κ2) is 12.2. The molecule has 0 radical (unpaired) electrons. The summed E-state index contributed by atoms with van der Waals surface area (Å²) in [5.74, 6) is -1.75. The van der Waals surface area contributed by atoms with Crippen molar-refractivity contribution < 1.29 is 44.9 Å². The zero-order valence-electron chi connectivity index (χ0n) is 22.1. The first-order valence-corrected chi connectivity index (χ1v) is 15.1. The van der Waals surface area contributed by atoms with Crippen molar-refractivity contribution in [2.24, 2.45) is 0 Å². The molecule has 2 amide bonds. The van der Waals surface area contributed by atoms with Gasteiger partial charge in [-0.3, -0.25) is 9.59 Å². The molecule has 3 heterocycles. The summed E-state index contributed by atoms with van der Waals surface area (Å²) in [6.07, 6.45) is 0.327. The number of fused-ring (bicyclic) bond motifs is 3. The SMILES string of the molecule is FC(F)F.O=C1Cc2cccc(c2)S(=O)(=O)OC2(N1)S[C@@H]1CC(=O)N1C=C2C(=O)OC(c1ccccc1)c1ccccc1. The van der Waals surface area contributed by atoms with E-state index >= 15 is 0 Å². The topological polar surface area (TPSA) is 119 Å². The van der Waals surface area contributed by atoms with E-state index in [9.17, 15) is 36.0 Å². The Labute approximate surface area is 248 Å². The number of esters is 1. The fourth-order valence-electron chi connectivity index (χ4n) is 4.68. The third-order valence-electron chi connectivity index (χ3n) is 6.60. The first kappa shape index (κ1) is 30.3. The van der Waals surface area contributed by atoms with E-state index in [1.165, 1.54) is 29.3 Å². The summed E-state index contributed by atoms with van der Waals surface area (Å²) < 4.78 is 67.5. The van der Waals surface area contributed by atoms with E-state index in [0.717, 1.165) is 11.8 Å². The Kier molecular flexibility index (Phi) is 8.62. The number of hydrogen-bond acceptors (Lipinski definition) is 8. The van der Waals surface area contributed by atoms with Crippen LogP contribution in [0.25, 0.3) is 0 Å². The Bertz CT molecular complexity index is 1630. The van der Waals surface area contributed by atoms with E-state index in [4.69, 9.17) is 8.92 Å². The van der Waals surface area contributed by atoms with Gasteiger partial charge in [-0.05, 0) is 28.8 Å². The molecule has 1 spiro atoms. The van der Waals surface area contributed by atoms with Crippen LogP contribution in [0.3, 0.4) is 0 Å². The van der Waals surface area contributed by atoms with Gasteiger partial charge in [0.25, 0.3) is 10.1 Å². The molecule has 224 valence electrons. The highest BCUT2D eigenvalue weighted by molar-refractivity contribution is 8.02. The van der Waals surface area contributed by atoms with Crippen molar-refractivity contribution in [3.8, 4) is 0 Å². The maximum atomic E-state index is 13.9. The number of carbonyl (C=O) groups excluding carboxylic acids is 3. The predicted molar refractivity (Wildman–Crippen MR) is 148 cm³/mol. The molecule has 0 saturated carbocycles. The number of nitrogens with one attached hydrogen (secondary N) is 1. The van der Waals surface area contributed by atoms with Gasteiger partial charge in [-0.1, -0.05) is 84.6 Å². The number of hydrogen-bond donors (Lipinski definition) is 1. The van der Waals surface area contributed by atoms with Crippen LogP contribution in [0.1, 0.15) is 29.2 Å². The standard InChI is InChI=1S/C28H22N2O7S2.CHF3/c31-23-15-18-8-7-13-21(14-18)39(34,35)37-28(29-23)22(17-30-24(32)16-25(30)38-28)27(33)36-26(19-9-3-1-4-10-19)20-11-5-2-6-12-20;2-1(3)4/h1-14,17,25-26H,15-16H2,(H,29,31);1H/t25-,28?;/m1./s1. The molecular weight excluding hydrogens is 609 g/mol. The average Bonchev–Trinajstić information content (AvgIpc) is 2.98. The Hall–Kier alpha value is -4.14. The minimum absolute atomic E-state index is 0.0922. The van der Waals surface area contributed by atoms with Gasteiger partial charge in [0.1, 0.15) is 5.57 Å². The number of halogens is 3. The summed E-state index contributed by atoms with van der Waals surface area (Å²) in [6, 6.07) is 24.0. The summed E-state index contributed by atoms with van der Waals surface area (Å²) >= 11 is 0.867. The van der Waals surface area contributed by atoms with Gasteiger partial charge >= 0.3 is 12.6 Å². The van der Waals surface area contributed by atoms with Crippen LogP contribution in [-0.4, -0.2) is 48.2 Å². The first-order chi connectivity index (χ1) is 20.5. The average molecular weight is 633 g/mol. The number of alkyl halides is 3. The van der Waals surface area contributed by atoms with Crippen LogP contribution in [0.2, 0.25) is 0 Å². The van der Waals surface area contributed by atoms with Crippen LogP contribution in [0.4, 0.5) is 13.2 Å². The molecule has 3 aromatic carbocycles. The molecule has 1 unspecified atom stereocenters. The second-order valence-corrected chi connectivity index (χ2v) is 12.4. The van der Waals surface area contributed by atoms with E-state index in [1.54, 1.807) is 30.3 Å². The lowest BCUT2D eigenvalue weighted by Crippen LogP contribution is -2.61. The molecule has 1 N–H and O–H groups in total. The maximum absolute atomic E-state index is 13.9. The van der Waals surface area contributed by atoms with Crippen LogP contribution in [0.15, 0.2) is 102 Å². The number of ether oxygens (including phenoxy) is 1. The van der Waals surface area contributed by atoms with Crippen LogP contribution < -0.4 is 5.32 Å². The quantitative estimate of drug-likeness (QED) is 0.255. The van der Waals surface area contributed by atoms with Crippen molar-refractivity contribution in [1.29, 1.82) is 0 Å². The molecule has 14 heteroatoms. The highest BCUT2D eigenvalue weighted by atomic mass is 32.2. The van der Waals surface area contributed by atoms with Gasteiger partial charge in [-0.15, -0.1) is 0 Å². The molecule has 0 aliphatic carbocycles. The van der Waals surface area contributed by atoms with E-state index in [1.807, 2.05) is 36.4 Å².